The summed E-state index contributed by atoms with van der Waals surface area (Å²) < 4.78 is 0. The van der Waals surface area contributed by atoms with Crippen molar-refractivity contribution in [2.75, 3.05) is 6.54 Å². The van der Waals surface area contributed by atoms with Gasteiger partial charge >= 0.3 is 6.03 Å². The van der Waals surface area contributed by atoms with Crippen molar-refractivity contribution in [3.05, 3.63) is 4.91 Å². The van der Waals surface area contributed by atoms with E-state index in [0.717, 1.165) is 0 Å². The topological polar surface area (TPSA) is 122 Å². The second kappa shape index (κ2) is 3.81. The summed E-state index contributed by atoms with van der Waals surface area (Å²) in [6.07, 6.45) is 0.0513. The van der Waals surface area contributed by atoms with E-state index in [2.05, 4.69) is 10.6 Å². The highest BCUT2D eigenvalue weighted by atomic mass is 16.3. The Hall–Kier alpha value is -1.99. The Morgan fingerprint density at radius 3 is 2.64 bits per heavy atom. The van der Waals surface area contributed by atoms with Crippen molar-refractivity contribution in [1.29, 1.82) is 0 Å². The number of rotatable bonds is 2. The molecule has 76 valence electrons. The number of primary amides is 1. The number of carbonyl (C=O) groups excluding carboxylic acids is 3. The highest BCUT2D eigenvalue weighted by Crippen LogP contribution is 2.08. The van der Waals surface area contributed by atoms with E-state index in [4.69, 9.17) is 5.73 Å². The summed E-state index contributed by atoms with van der Waals surface area (Å²) >= 11 is 0. The molecule has 0 radical (unpaired) electrons. The normalized spacial score (nSPS) is 21.3. The molecule has 8 heteroatoms. The first-order valence-electron chi connectivity index (χ1n) is 3.80. The number of nitroso groups, excluding NO2 is 1. The fourth-order valence-corrected chi connectivity index (χ4v) is 1.15. The molecule has 1 fully saturated rings. The predicted molar refractivity (Wildman–Crippen MR) is 43.6 cm³/mol. The van der Waals surface area contributed by atoms with Crippen molar-refractivity contribution in [1.82, 2.24) is 10.3 Å². The first kappa shape index (κ1) is 10.1. The largest absolute Gasteiger partial charge is 0.353 e. The second-order valence-corrected chi connectivity index (χ2v) is 2.67. The van der Waals surface area contributed by atoms with Gasteiger partial charge in [-0.15, -0.1) is 4.91 Å². The molecule has 1 saturated heterocycles. The molecule has 1 atom stereocenters. The minimum atomic E-state index is -1.52. The Balaban J connectivity index is 2.90. The van der Waals surface area contributed by atoms with Crippen LogP contribution in [0.3, 0.4) is 0 Å². The average molecular weight is 200 g/mol. The van der Waals surface area contributed by atoms with Gasteiger partial charge in [-0.05, 0) is 0 Å². The van der Waals surface area contributed by atoms with E-state index in [-0.39, 0.29) is 18.0 Å². The van der Waals surface area contributed by atoms with Crippen molar-refractivity contribution in [2.24, 2.45) is 11.0 Å². The van der Waals surface area contributed by atoms with Crippen LogP contribution in [-0.4, -0.2) is 35.3 Å². The number of Topliss-reactive ketones (excluding diaryl/α,β-unsaturated/α-hetero) is 1. The van der Waals surface area contributed by atoms with Crippen molar-refractivity contribution in [3.63, 3.8) is 0 Å². The number of hydrogen-bond acceptors (Lipinski definition) is 5. The zero-order chi connectivity index (χ0) is 10.7. The van der Waals surface area contributed by atoms with E-state index in [0.29, 0.717) is 0 Å². The monoisotopic (exact) mass is 200 g/mol. The molecule has 1 rings (SSSR count). The van der Waals surface area contributed by atoms with Crippen LogP contribution in [0.15, 0.2) is 5.29 Å². The molecule has 1 heterocycles. The highest BCUT2D eigenvalue weighted by Gasteiger charge is 2.38. The summed E-state index contributed by atoms with van der Waals surface area (Å²) in [5.74, 6) is -1.29. The molecule has 3 amide bonds. The lowest BCUT2D eigenvalue weighted by Gasteiger charge is -2.24. The first-order chi connectivity index (χ1) is 6.57. The van der Waals surface area contributed by atoms with E-state index in [1.54, 1.807) is 0 Å². The van der Waals surface area contributed by atoms with Gasteiger partial charge in [-0.3, -0.25) is 9.59 Å². The van der Waals surface area contributed by atoms with Crippen LogP contribution in [0.2, 0.25) is 0 Å². The number of nitrogens with one attached hydrogen (secondary N) is 1. The number of amides is 3. The van der Waals surface area contributed by atoms with E-state index >= 15 is 0 Å². The third-order valence-corrected chi connectivity index (χ3v) is 1.78. The van der Waals surface area contributed by atoms with E-state index < -0.39 is 23.8 Å². The number of urea groups is 1. The van der Waals surface area contributed by atoms with Gasteiger partial charge in [0.1, 0.15) is 0 Å². The van der Waals surface area contributed by atoms with Gasteiger partial charge in [0.2, 0.25) is 0 Å². The van der Waals surface area contributed by atoms with Gasteiger partial charge in [-0.2, -0.15) is 5.01 Å². The number of nitrogens with zero attached hydrogens (tertiary/aromatic N) is 2. The summed E-state index contributed by atoms with van der Waals surface area (Å²) in [6, 6.07) is -2.74. The summed E-state index contributed by atoms with van der Waals surface area (Å²) in [7, 11) is 0. The molecule has 0 spiro atoms. The van der Waals surface area contributed by atoms with Gasteiger partial charge in [0, 0.05) is 13.0 Å². The smallest absolute Gasteiger partial charge is 0.339 e. The van der Waals surface area contributed by atoms with E-state index in [1.807, 2.05) is 0 Å². The van der Waals surface area contributed by atoms with Crippen LogP contribution in [-0.2, 0) is 9.59 Å². The SMILES string of the molecule is NC(=O)N(N=O)C1C(=O)CCNC1=O. The maximum atomic E-state index is 11.2. The third kappa shape index (κ3) is 1.68. The Kier molecular flexibility index (Phi) is 2.75. The number of ketones is 1. The molecular formula is C6H8N4O4. The van der Waals surface area contributed by atoms with Gasteiger partial charge in [0.05, 0.1) is 5.29 Å². The highest BCUT2D eigenvalue weighted by molar-refractivity contribution is 6.09. The summed E-state index contributed by atoms with van der Waals surface area (Å²) in [6.45, 7) is 0.194. The molecule has 0 saturated carbocycles. The molecule has 0 aromatic rings. The second-order valence-electron chi connectivity index (χ2n) is 2.67. The molecule has 0 aromatic heterocycles. The Bertz CT molecular complexity index is 286. The number of carbonyl (C=O) groups is 3. The number of hydrogen-bond donors (Lipinski definition) is 2. The minimum absolute atomic E-state index is 0.0513. The Morgan fingerprint density at radius 1 is 1.57 bits per heavy atom. The summed E-state index contributed by atoms with van der Waals surface area (Å²) in [4.78, 5) is 43.2. The zero-order valence-electron chi connectivity index (χ0n) is 7.10. The van der Waals surface area contributed by atoms with Gasteiger partial charge < -0.3 is 11.1 Å². The van der Waals surface area contributed by atoms with Crippen LogP contribution in [0, 0.1) is 4.91 Å². The molecule has 0 aliphatic carbocycles. The lowest BCUT2D eigenvalue weighted by molar-refractivity contribution is -0.137. The summed E-state index contributed by atoms with van der Waals surface area (Å²) in [5.41, 5.74) is 4.76. The lowest BCUT2D eigenvalue weighted by Crippen LogP contribution is -2.56. The standard InChI is InChI=1S/C6H8N4O4/c7-6(13)10(9-14)4-3(11)1-2-8-5(4)12/h4H,1-2H2,(H2,7,13)(H,8,12). The Labute approximate surface area is 78.4 Å². The molecule has 1 aliphatic rings. The molecule has 1 aliphatic heterocycles. The van der Waals surface area contributed by atoms with Crippen molar-refractivity contribution in [3.8, 4) is 0 Å². The lowest BCUT2D eigenvalue weighted by atomic mass is 10.1. The quantitative estimate of drug-likeness (QED) is 0.320. The molecule has 14 heavy (non-hydrogen) atoms. The van der Waals surface area contributed by atoms with Crippen molar-refractivity contribution < 1.29 is 14.4 Å². The molecule has 0 bridgehead atoms. The average Bonchev–Trinajstić information content (AvgIpc) is 2.10. The summed E-state index contributed by atoms with van der Waals surface area (Å²) in [5, 5.41) is 4.70. The van der Waals surface area contributed by atoms with Crippen molar-refractivity contribution >= 4 is 17.7 Å². The maximum absolute atomic E-state index is 11.2. The number of piperidine rings is 1. The van der Waals surface area contributed by atoms with Gasteiger partial charge in [0.25, 0.3) is 5.91 Å². The van der Waals surface area contributed by atoms with Crippen LogP contribution in [0.1, 0.15) is 6.42 Å². The van der Waals surface area contributed by atoms with E-state index in [1.165, 1.54) is 0 Å². The number of nitrogens with two attached hydrogens (primary N) is 1. The molecule has 0 aromatic carbocycles. The Morgan fingerprint density at radius 2 is 2.21 bits per heavy atom. The van der Waals surface area contributed by atoms with Crippen LogP contribution >= 0.6 is 0 Å². The van der Waals surface area contributed by atoms with Crippen LogP contribution in [0.5, 0.6) is 0 Å². The fourth-order valence-electron chi connectivity index (χ4n) is 1.15. The maximum Gasteiger partial charge on any atom is 0.339 e. The van der Waals surface area contributed by atoms with Crippen LogP contribution < -0.4 is 11.1 Å². The molecular weight excluding hydrogens is 192 g/mol. The third-order valence-electron chi connectivity index (χ3n) is 1.78. The van der Waals surface area contributed by atoms with Crippen LogP contribution in [0.25, 0.3) is 0 Å². The zero-order valence-corrected chi connectivity index (χ0v) is 7.10. The minimum Gasteiger partial charge on any atom is -0.353 e. The van der Waals surface area contributed by atoms with E-state index in [9.17, 15) is 19.3 Å². The molecule has 3 N–H and O–H groups in total. The predicted octanol–water partition coefficient (Wildman–Crippen LogP) is -1.49. The van der Waals surface area contributed by atoms with Crippen LogP contribution in [0.4, 0.5) is 4.79 Å². The van der Waals surface area contributed by atoms with Gasteiger partial charge in [0.15, 0.2) is 11.8 Å². The molecule has 8 nitrogen and oxygen atoms in total. The molecule has 1 unspecified atom stereocenters. The van der Waals surface area contributed by atoms with Gasteiger partial charge in [-0.1, -0.05) is 0 Å². The fraction of sp³-hybridized carbons (Fsp3) is 0.500. The van der Waals surface area contributed by atoms with Crippen molar-refractivity contribution in [2.45, 2.75) is 12.5 Å². The first-order valence-corrected chi connectivity index (χ1v) is 3.80. The van der Waals surface area contributed by atoms with Gasteiger partial charge in [-0.25, -0.2) is 4.79 Å².